The molecule has 0 amide bonds. The van der Waals surface area contributed by atoms with E-state index >= 15 is 0 Å². The number of nitrogens with one attached hydrogen (secondary N) is 1. The molecule has 6 heteroatoms. The van der Waals surface area contributed by atoms with E-state index in [1.807, 2.05) is 0 Å². The lowest BCUT2D eigenvalue weighted by atomic mass is 9.89. The van der Waals surface area contributed by atoms with Crippen LogP contribution in [0.15, 0.2) is 4.52 Å². The van der Waals surface area contributed by atoms with Gasteiger partial charge in [-0.3, -0.25) is 4.90 Å². The first-order valence-corrected chi connectivity index (χ1v) is 7.17. The molecular weight excluding hydrogens is 264 g/mol. The molecule has 19 heavy (non-hydrogen) atoms. The van der Waals surface area contributed by atoms with Crippen LogP contribution >= 0.6 is 12.4 Å². The van der Waals surface area contributed by atoms with Gasteiger partial charge in [0.15, 0.2) is 5.82 Å². The first-order chi connectivity index (χ1) is 8.92. The van der Waals surface area contributed by atoms with Gasteiger partial charge in [0, 0.05) is 32.1 Å². The maximum Gasteiger partial charge on any atom is 0.229 e. The molecule has 1 N–H and O–H groups in total. The molecule has 1 aliphatic heterocycles. The molecular formula is C13H23ClN4O. The highest BCUT2D eigenvalue weighted by atomic mass is 35.5. The Hall–Kier alpha value is -0.650. The van der Waals surface area contributed by atoms with Crippen molar-refractivity contribution < 1.29 is 4.52 Å². The molecule has 0 atom stereocenters. The Labute approximate surface area is 120 Å². The van der Waals surface area contributed by atoms with Crippen LogP contribution in [-0.2, 0) is 6.54 Å². The zero-order chi connectivity index (χ0) is 12.2. The van der Waals surface area contributed by atoms with Crippen molar-refractivity contribution in [2.45, 2.75) is 44.6 Å². The smallest absolute Gasteiger partial charge is 0.229 e. The number of nitrogens with zero attached hydrogens (tertiary/aromatic N) is 3. The van der Waals surface area contributed by atoms with Gasteiger partial charge in [0.1, 0.15) is 0 Å². The summed E-state index contributed by atoms with van der Waals surface area (Å²) in [7, 11) is 0. The van der Waals surface area contributed by atoms with E-state index in [-0.39, 0.29) is 12.4 Å². The van der Waals surface area contributed by atoms with E-state index in [9.17, 15) is 0 Å². The maximum atomic E-state index is 5.44. The van der Waals surface area contributed by atoms with Crippen molar-refractivity contribution in [3.63, 3.8) is 0 Å². The van der Waals surface area contributed by atoms with Gasteiger partial charge in [-0.1, -0.05) is 24.4 Å². The Morgan fingerprint density at radius 2 is 1.89 bits per heavy atom. The summed E-state index contributed by atoms with van der Waals surface area (Å²) < 4.78 is 5.44. The van der Waals surface area contributed by atoms with E-state index in [1.165, 1.54) is 32.1 Å². The molecule has 108 valence electrons. The minimum Gasteiger partial charge on any atom is -0.339 e. The summed E-state index contributed by atoms with van der Waals surface area (Å²) in [5.41, 5.74) is 0. The Bertz CT molecular complexity index is 372. The molecule has 0 spiro atoms. The average Bonchev–Trinajstić information content (AvgIpc) is 2.89. The average molecular weight is 287 g/mol. The van der Waals surface area contributed by atoms with Crippen LogP contribution in [0.2, 0.25) is 0 Å². The van der Waals surface area contributed by atoms with Crippen molar-refractivity contribution in [2.75, 3.05) is 26.2 Å². The lowest BCUT2D eigenvalue weighted by Crippen LogP contribution is -2.43. The second-order valence-corrected chi connectivity index (χ2v) is 5.41. The minimum absolute atomic E-state index is 0. The second kappa shape index (κ2) is 7.22. The van der Waals surface area contributed by atoms with Gasteiger partial charge in [-0.05, 0) is 12.8 Å². The molecule has 1 aliphatic carbocycles. The van der Waals surface area contributed by atoms with Crippen LogP contribution in [0, 0.1) is 0 Å². The Morgan fingerprint density at radius 3 is 2.63 bits per heavy atom. The molecule has 2 aliphatic rings. The van der Waals surface area contributed by atoms with Gasteiger partial charge in [0.25, 0.3) is 0 Å². The molecule has 2 heterocycles. The predicted molar refractivity (Wildman–Crippen MR) is 75.5 cm³/mol. The first-order valence-electron chi connectivity index (χ1n) is 7.17. The number of piperazine rings is 1. The predicted octanol–water partition coefficient (Wildman–Crippen LogP) is 1.94. The van der Waals surface area contributed by atoms with Crippen LogP contribution in [0.1, 0.15) is 49.7 Å². The van der Waals surface area contributed by atoms with Gasteiger partial charge in [-0.2, -0.15) is 4.98 Å². The molecule has 3 rings (SSSR count). The summed E-state index contributed by atoms with van der Waals surface area (Å²) in [6.07, 6.45) is 6.41. The van der Waals surface area contributed by atoms with Crippen molar-refractivity contribution in [1.29, 1.82) is 0 Å². The fourth-order valence-corrected chi connectivity index (χ4v) is 2.92. The van der Waals surface area contributed by atoms with Gasteiger partial charge < -0.3 is 9.84 Å². The van der Waals surface area contributed by atoms with Crippen molar-refractivity contribution in [3.8, 4) is 0 Å². The standard InChI is InChI=1S/C13H22N4O.ClH/c1-2-4-11(5-3-1)13-15-12(16-18-13)10-17-8-6-14-7-9-17;/h11,14H,1-10H2;1H. The Morgan fingerprint density at radius 1 is 1.16 bits per heavy atom. The highest BCUT2D eigenvalue weighted by Crippen LogP contribution is 2.31. The largest absolute Gasteiger partial charge is 0.339 e. The molecule has 1 saturated heterocycles. The summed E-state index contributed by atoms with van der Waals surface area (Å²) in [5, 5.41) is 7.49. The van der Waals surface area contributed by atoms with E-state index in [1.54, 1.807) is 0 Å². The number of halogens is 1. The molecule has 0 unspecified atom stereocenters. The molecule has 5 nitrogen and oxygen atoms in total. The molecule has 1 saturated carbocycles. The topological polar surface area (TPSA) is 54.2 Å². The number of rotatable bonds is 3. The van der Waals surface area contributed by atoms with E-state index in [4.69, 9.17) is 4.52 Å². The van der Waals surface area contributed by atoms with Crippen LogP contribution in [0.3, 0.4) is 0 Å². The fraction of sp³-hybridized carbons (Fsp3) is 0.846. The van der Waals surface area contributed by atoms with Crippen molar-refractivity contribution in [2.24, 2.45) is 0 Å². The number of hydrogen-bond donors (Lipinski definition) is 1. The van der Waals surface area contributed by atoms with Crippen molar-refractivity contribution in [3.05, 3.63) is 11.7 Å². The third-order valence-corrected chi connectivity index (χ3v) is 4.01. The third-order valence-electron chi connectivity index (χ3n) is 4.01. The summed E-state index contributed by atoms with van der Waals surface area (Å²) in [6, 6.07) is 0. The van der Waals surface area contributed by atoms with Crippen molar-refractivity contribution >= 4 is 12.4 Å². The van der Waals surface area contributed by atoms with Crippen LogP contribution in [0.5, 0.6) is 0 Å². The highest BCUT2D eigenvalue weighted by Gasteiger charge is 2.22. The minimum atomic E-state index is 0. The second-order valence-electron chi connectivity index (χ2n) is 5.41. The molecule has 0 radical (unpaired) electrons. The zero-order valence-corrected chi connectivity index (χ0v) is 12.1. The highest BCUT2D eigenvalue weighted by molar-refractivity contribution is 5.85. The summed E-state index contributed by atoms with van der Waals surface area (Å²) >= 11 is 0. The normalized spacial score (nSPS) is 22.1. The van der Waals surface area contributed by atoms with Crippen molar-refractivity contribution in [1.82, 2.24) is 20.4 Å². The van der Waals surface area contributed by atoms with Gasteiger partial charge >= 0.3 is 0 Å². The number of hydrogen-bond acceptors (Lipinski definition) is 5. The summed E-state index contributed by atoms with van der Waals surface area (Å²) in [6.45, 7) is 5.11. The third kappa shape index (κ3) is 3.91. The van der Waals surface area contributed by atoms with Crippen LogP contribution in [-0.4, -0.2) is 41.2 Å². The quantitative estimate of drug-likeness (QED) is 0.920. The van der Waals surface area contributed by atoms with Crippen LogP contribution < -0.4 is 5.32 Å². The fourth-order valence-electron chi connectivity index (χ4n) is 2.92. The number of aromatic nitrogens is 2. The molecule has 0 aromatic carbocycles. The summed E-state index contributed by atoms with van der Waals surface area (Å²) in [5.74, 6) is 2.25. The summed E-state index contributed by atoms with van der Waals surface area (Å²) in [4.78, 5) is 6.97. The van der Waals surface area contributed by atoms with Gasteiger partial charge in [-0.15, -0.1) is 12.4 Å². The maximum absolute atomic E-state index is 5.44. The zero-order valence-electron chi connectivity index (χ0n) is 11.3. The van der Waals surface area contributed by atoms with E-state index in [2.05, 4.69) is 20.4 Å². The first kappa shape index (κ1) is 14.8. The Kier molecular flexibility index (Phi) is 5.60. The monoisotopic (exact) mass is 286 g/mol. The molecule has 1 aromatic heterocycles. The van der Waals surface area contributed by atoms with Crippen LogP contribution in [0.4, 0.5) is 0 Å². The van der Waals surface area contributed by atoms with E-state index < -0.39 is 0 Å². The lowest BCUT2D eigenvalue weighted by molar-refractivity contribution is 0.224. The Balaban J connectivity index is 0.00000133. The van der Waals surface area contributed by atoms with E-state index in [0.29, 0.717) is 5.92 Å². The van der Waals surface area contributed by atoms with Gasteiger partial charge in [-0.25, -0.2) is 0 Å². The molecule has 2 fully saturated rings. The SMILES string of the molecule is C1CCC(c2nc(CN3CCNCC3)no2)CC1.Cl. The molecule has 1 aromatic rings. The van der Waals surface area contributed by atoms with Gasteiger partial charge in [0.05, 0.1) is 6.54 Å². The van der Waals surface area contributed by atoms with Gasteiger partial charge in [0.2, 0.25) is 5.89 Å². The van der Waals surface area contributed by atoms with E-state index in [0.717, 1.165) is 44.4 Å². The molecule has 0 bridgehead atoms. The van der Waals surface area contributed by atoms with Crippen LogP contribution in [0.25, 0.3) is 0 Å². The lowest BCUT2D eigenvalue weighted by Gasteiger charge is -2.25.